The number of hydrogen-bond donors (Lipinski definition) is 3. The molecule has 1 heterocycles. The molecule has 0 spiro atoms. The van der Waals surface area contributed by atoms with E-state index in [4.69, 9.17) is 9.47 Å². The van der Waals surface area contributed by atoms with E-state index in [9.17, 15) is 4.79 Å². The Hall–Kier alpha value is -3.06. The number of para-hydroxylation sites is 1. The standard InChI is InChI=1S/C25H34N4O3/c1-2-26-25(27-14-8-16-31-22-11-4-3-5-12-22)29-18-20-9-6-10-21(17-20)24(30)28-19-23-13-7-15-32-23/h3-6,9-12,17,23H,2,7-8,13-16,18-19H2,1H3,(H,28,30)(H2,26,27,29). The topological polar surface area (TPSA) is 84.0 Å². The van der Waals surface area contributed by atoms with Crippen LogP contribution in [0.15, 0.2) is 59.6 Å². The second-order valence-corrected chi connectivity index (χ2v) is 7.68. The van der Waals surface area contributed by atoms with Crippen molar-refractivity contribution in [1.29, 1.82) is 0 Å². The van der Waals surface area contributed by atoms with Crippen molar-refractivity contribution in [2.45, 2.75) is 38.8 Å². The van der Waals surface area contributed by atoms with Gasteiger partial charge < -0.3 is 25.4 Å². The molecule has 0 saturated carbocycles. The van der Waals surface area contributed by atoms with Gasteiger partial charge in [-0.25, -0.2) is 4.99 Å². The molecule has 1 aliphatic heterocycles. The highest BCUT2D eigenvalue weighted by Gasteiger charge is 2.16. The van der Waals surface area contributed by atoms with E-state index in [-0.39, 0.29) is 12.0 Å². The van der Waals surface area contributed by atoms with Crippen LogP contribution in [0, 0.1) is 0 Å². The molecule has 2 aromatic carbocycles. The molecule has 1 unspecified atom stereocenters. The molecule has 172 valence electrons. The summed E-state index contributed by atoms with van der Waals surface area (Å²) in [7, 11) is 0. The van der Waals surface area contributed by atoms with Gasteiger partial charge in [0.15, 0.2) is 5.96 Å². The molecule has 1 atom stereocenters. The molecule has 2 aromatic rings. The van der Waals surface area contributed by atoms with Gasteiger partial charge in [-0.1, -0.05) is 30.3 Å². The number of hydrogen-bond acceptors (Lipinski definition) is 4. The highest BCUT2D eigenvalue weighted by molar-refractivity contribution is 5.94. The summed E-state index contributed by atoms with van der Waals surface area (Å²) in [6.07, 6.45) is 3.07. The fourth-order valence-corrected chi connectivity index (χ4v) is 3.42. The highest BCUT2D eigenvalue weighted by atomic mass is 16.5. The first-order chi connectivity index (χ1) is 15.7. The van der Waals surface area contributed by atoms with E-state index in [1.165, 1.54) is 0 Å². The number of ether oxygens (including phenoxy) is 2. The predicted octanol–water partition coefficient (Wildman–Crippen LogP) is 3.12. The average molecular weight is 439 g/mol. The van der Waals surface area contributed by atoms with Crippen LogP contribution < -0.4 is 20.7 Å². The summed E-state index contributed by atoms with van der Waals surface area (Å²) in [5.41, 5.74) is 1.63. The van der Waals surface area contributed by atoms with E-state index in [0.717, 1.165) is 56.2 Å². The lowest BCUT2D eigenvalue weighted by molar-refractivity contribution is 0.0857. The van der Waals surface area contributed by atoms with Crippen molar-refractivity contribution in [1.82, 2.24) is 16.0 Å². The minimum absolute atomic E-state index is 0.0743. The third kappa shape index (κ3) is 8.23. The normalized spacial score (nSPS) is 15.9. The van der Waals surface area contributed by atoms with E-state index in [2.05, 4.69) is 20.9 Å². The Morgan fingerprint density at radius 2 is 2.00 bits per heavy atom. The van der Waals surface area contributed by atoms with Crippen molar-refractivity contribution in [3.05, 3.63) is 65.7 Å². The first-order valence-corrected chi connectivity index (χ1v) is 11.4. The molecular formula is C25H34N4O3. The summed E-state index contributed by atoms with van der Waals surface area (Å²) in [5.74, 6) is 1.56. The molecular weight excluding hydrogens is 404 g/mol. The Morgan fingerprint density at radius 1 is 1.12 bits per heavy atom. The third-order valence-corrected chi connectivity index (χ3v) is 5.09. The maximum absolute atomic E-state index is 12.5. The minimum atomic E-state index is -0.0743. The van der Waals surface area contributed by atoms with Crippen molar-refractivity contribution in [3.63, 3.8) is 0 Å². The number of aliphatic imine (C=N–C) groups is 1. The van der Waals surface area contributed by atoms with Crippen LogP contribution in [-0.4, -0.2) is 50.8 Å². The van der Waals surface area contributed by atoms with Crippen LogP contribution >= 0.6 is 0 Å². The van der Waals surface area contributed by atoms with Crippen molar-refractivity contribution < 1.29 is 14.3 Å². The van der Waals surface area contributed by atoms with Gasteiger partial charge in [0.25, 0.3) is 5.91 Å². The molecule has 1 saturated heterocycles. The van der Waals surface area contributed by atoms with Crippen molar-refractivity contribution in [2.24, 2.45) is 4.99 Å². The highest BCUT2D eigenvalue weighted by Crippen LogP contribution is 2.12. The van der Waals surface area contributed by atoms with Crippen LogP contribution in [0.5, 0.6) is 5.75 Å². The zero-order chi connectivity index (χ0) is 22.4. The molecule has 0 bridgehead atoms. The van der Waals surface area contributed by atoms with Gasteiger partial charge in [-0.05, 0) is 56.0 Å². The van der Waals surface area contributed by atoms with Crippen LogP contribution in [0.2, 0.25) is 0 Å². The zero-order valence-corrected chi connectivity index (χ0v) is 18.8. The molecule has 0 aliphatic carbocycles. The third-order valence-electron chi connectivity index (χ3n) is 5.09. The van der Waals surface area contributed by atoms with Gasteiger partial charge in [0.1, 0.15) is 5.75 Å². The van der Waals surface area contributed by atoms with Crippen molar-refractivity contribution >= 4 is 11.9 Å². The van der Waals surface area contributed by atoms with E-state index >= 15 is 0 Å². The Bertz CT molecular complexity index is 851. The van der Waals surface area contributed by atoms with Gasteiger partial charge in [0, 0.05) is 31.8 Å². The number of carbonyl (C=O) groups excluding carboxylic acids is 1. The summed E-state index contributed by atoms with van der Waals surface area (Å²) in [5, 5.41) is 9.56. The van der Waals surface area contributed by atoms with Crippen LogP contribution in [0.4, 0.5) is 0 Å². The molecule has 0 aromatic heterocycles. The Kier molecular flexibility index (Phi) is 9.86. The Morgan fingerprint density at radius 3 is 2.78 bits per heavy atom. The van der Waals surface area contributed by atoms with Crippen molar-refractivity contribution in [2.75, 3.05) is 32.8 Å². The van der Waals surface area contributed by atoms with Gasteiger partial charge in [-0.3, -0.25) is 4.79 Å². The monoisotopic (exact) mass is 438 g/mol. The molecule has 0 radical (unpaired) electrons. The number of carbonyl (C=O) groups is 1. The number of rotatable bonds is 11. The molecule has 3 N–H and O–H groups in total. The van der Waals surface area contributed by atoms with E-state index < -0.39 is 0 Å². The molecule has 7 nitrogen and oxygen atoms in total. The zero-order valence-electron chi connectivity index (χ0n) is 18.8. The van der Waals surface area contributed by atoms with Gasteiger partial charge in [0.05, 0.1) is 19.3 Å². The summed E-state index contributed by atoms with van der Waals surface area (Å²) in [4.78, 5) is 17.1. The van der Waals surface area contributed by atoms with Gasteiger partial charge in [0.2, 0.25) is 0 Å². The van der Waals surface area contributed by atoms with Crippen LogP contribution in [-0.2, 0) is 11.3 Å². The van der Waals surface area contributed by atoms with Crippen LogP contribution in [0.1, 0.15) is 42.1 Å². The summed E-state index contributed by atoms with van der Waals surface area (Å²) in [6, 6.07) is 17.4. The lowest BCUT2D eigenvalue weighted by Gasteiger charge is -2.12. The second-order valence-electron chi connectivity index (χ2n) is 7.68. The molecule has 1 fully saturated rings. The Labute approximate surface area is 190 Å². The maximum Gasteiger partial charge on any atom is 0.251 e. The van der Waals surface area contributed by atoms with E-state index in [1.807, 2.05) is 61.5 Å². The molecule has 1 aliphatic rings. The van der Waals surface area contributed by atoms with Crippen LogP contribution in [0.3, 0.4) is 0 Å². The lowest BCUT2D eigenvalue weighted by atomic mass is 10.1. The summed E-state index contributed by atoms with van der Waals surface area (Å²) < 4.78 is 11.3. The number of nitrogens with zero attached hydrogens (tertiary/aromatic N) is 1. The minimum Gasteiger partial charge on any atom is -0.494 e. The average Bonchev–Trinajstić information content (AvgIpc) is 3.35. The first kappa shape index (κ1) is 23.6. The van der Waals surface area contributed by atoms with Crippen LogP contribution in [0.25, 0.3) is 0 Å². The fraction of sp³-hybridized carbons (Fsp3) is 0.440. The number of guanidine groups is 1. The SMILES string of the molecule is CCNC(=NCc1cccc(C(=O)NCC2CCCO2)c1)NCCCOc1ccccc1. The van der Waals surface area contributed by atoms with Gasteiger partial charge >= 0.3 is 0 Å². The van der Waals surface area contributed by atoms with Gasteiger partial charge in [-0.2, -0.15) is 0 Å². The largest absolute Gasteiger partial charge is 0.494 e. The summed E-state index contributed by atoms with van der Waals surface area (Å²) in [6.45, 7) is 6.04. The molecule has 32 heavy (non-hydrogen) atoms. The Balaban J connectivity index is 1.44. The molecule has 3 rings (SSSR count). The van der Waals surface area contributed by atoms with E-state index in [0.29, 0.717) is 25.3 Å². The summed E-state index contributed by atoms with van der Waals surface area (Å²) >= 11 is 0. The van der Waals surface area contributed by atoms with Crippen molar-refractivity contribution in [3.8, 4) is 5.75 Å². The second kappa shape index (κ2) is 13.4. The quantitative estimate of drug-likeness (QED) is 0.285. The van der Waals surface area contributed by atoms with E-state index in [1.54, 1.807) is 0 Å². The van der Waals surface area contributed by atoms with Gasteiger partial charge in [-0.15, -0.1) is 0 Å². The molecule has 1 amide bonds. The fourth-order valence-electron chi connectivity index (χ4n) is 3.42. The predicted molar refractivity (Wildman–Crippen MR) is 127 cm³/mol. The molecule has 7 heteroatoms. The number of benzene rings is 2. The smallest absolute Gasteiger partial charge is 0.251 e. The lowest BCUT2D eigenvalue weighted by Crippen LogP contribution is -2.38. The first-order valence-electron chi connectivity index (χ1n) is 11.4. The maximum atomic E-state index is 12.5. The number of amides is 1. The number of nitrogens with one attached hydrogen (secondary N) is 3.